The number of pyridine rings is 1. The van der Waals surface area contributed by atoms with Crippen LogP contribution in [0.15, 0.2) is 65.6 Å². The van der Waals surface area contributed by atoms with E-state index < -0.39 is 15.8 Å². The van der Waals surface area contributed by atoms with Gasteiger partial charge >= 0.3 is 0 Å². The molecule has 6 nitrogen and oxygen atoms in total. The van der Waals surface area contributed by atoms with Gasteiger partial charge in [-0.2, -0.15) is 9.57 Å². The maximum atomic E-state index is 13.5. The van der Waals surface area contributed by atoms with Crippen molar-refractivity contribution in [3.63, 3.8) is 0 Å². The average molecular weight is 444 g/mol. The van der Waals surface area contributed by atoms with Gasteiger partial charge in [-0.1, -0.05) is 29.8 Å². The van der Waals surface area contributed by atoms with Gasteiger partial charge in [-0.25, -0.2) is 17.8 Å². The van der Waals surface area contributed by atoms with Gasteiger partial charge in [-0.05, 0) is 42.5 Å². The fraction of sp³-hybridized carbons (Fsp3) is 0.143. The summed E-state index contributed by atoms with van der Waals surface area (Å²) in [4.78, 5) is 3.97. The minimum Gasteiger partial charge on any atom is -0.488 e. The second kappa shape index (κ2) is 8.03. The summed E-state index contributed by atoms with van der Waals surface area (Å²) in [5, 5.41) is 9.07. The number of rotatable bonds is 5. The highest BCUT2D eigenvalue weighted by molar-refractivity contribution is 7.89. The zero-order valence-electron chi connectivity index (χ0n) is 15.5. The standard InChI is InChI=1S/C21H15ClFN3O3S/c22-18-10-16(6-7-17(18)20-9-8-19(23)21(11-24)25-20)30(27,28)26-12-15(13-26)29-14-4-2-1-3-5-14/h1-10,15H,12-13H2. The highest BCUT2D eigenvalue weighted by Crippen LogP contribution is 2.32. The smallest absolute Gasteiger partial charge is 0.243 e. The summed E-state index contributed by atoms with van der Waals surface area (Å²) in [6.07, 6.45) is -0.218. The van der Waals surface area contributed by atoms with Crippen molar-refractivity contribution in [2.24, 2.45) is 0 Å². The summed E-state index contributed by atoms with van der Waals surface area (Å²) < 4.78 is 46.3. The van der Waals surface area contributed by atoms with Crippen LogP contribution in [0.5, 0.6) is 5.75 Å². The topological polar surface area (TPSA) is 83.3 Å². The highest BCUT2D eigenvalue weighted by atomic mass is 35.5. The van der Waals surface area contributed by atoms with Crippen LogP contribution in [0.25, 0.3) is 11.3 Å². The Morgan fingerprint density at radius 3 is 2.53 bits per heavy atom. The fourth-order valence-electron chi connectivity index (χ4n) is 3.05. The Morgan fingerprint density at radius 1 is 1.13 bits per heavy atom. The van der Waals surface area contributed by atoms with Gasteiger partial charge in [0.25, 0.3) is 0 Å². The first-order valence-corrected chi connectivity index (χ1v) is 10.8. The van der Waals surface area contributed by atoms with E-state index in [9.17, 15) is 12.8 Å². The summed E-state index contributed by atoms with van der Waals surface area (Å²) in [5.74, 6) is -0.0443. The molecule has 2 aromatic carbocycles. The molecule has 4 rings (SSSR count). The third-order valence-electron chi connectivity index (χ3n) is 4.67. The lowest BCUT2D eigenvalue weighted by Gasteiger charge is -2.37. The summed E-state index contributed by atoms with van der Waals surface area (Å²) in [7, 11) is -3.73. The van der Waals surface area contributed by atoms with Gasteiger partial charge in [0.05, 0.1) is 28.7 Å². The van der Waals surface area contributed by atoms with Crippen LogP contribution in [0, 0.1) is 17.1 Å². The molecule has 0 unspecified atom stereocenters. The molecule has 1 aromatic heterocycles. The summed E-state index contributed by atoms with van der Waals surface area (Å²) in [5.41, 5.74) is 0.327. The van der Waals surface area contributed by atoms with Crippen molar-refractivity contribution in [3.8, 4) is 23.1 Å². The number of nitrogens with zero attached hydrogens (tertiary/aromatic N) is 3. The van der Waals surface area contributed by atoms with Crippen molar-refractivity contribution in [1.82, 2.24) is 9.29 Å². The lowest BCUT2D eigenvalue weighted by atomic mass is 10.1. The third-order valence-corrected chi connectivity index (χ3v) is 6.81. The number of hydrogen-bond acceptors (Lipinski definition) is 5. The molecular weight excluding hydrogens is 429 g/mol. The molecule has 0 bridgehead atoms. The van der Waals surface area contributed by atoms with E-state index in [2.05, 4.69) is 4.98 Å². The van der Waals surface area contributed by atoms with Crippen molar-refractivity contribution in [2.75, 3.05) is 13.1 Å². The Balaban J connectivity index is 1.51. The average Bonchev–Trinajstić information content (AvgIpc) is 2.71. The van der Waals surface area contributed by atoms with Crippen LogP contribution in [0.3, 0.4) is 0 Å². The molecule has 0 atom stereocenters. The number of benzene rings is 2. The maximum Gasteiger partial charge on any atom is 0.243 e. The predicted octanol–water partition coefficient (Wildman–Crippen LogP) is 3.86. The molecule has 152 valence electrons. The minimum atomic E-state index is -3.73. The maximum absolute atomic E-state index is 13.5. The predicted molar refractivity (Wildman–Crippen MR) is 109 cm³/mol. The van der Waals surface area contributed by atoms with Crippen LogP contribution in [-0.2, 0) is 10.0 Å². The summed E-state index contributed by atoms with van der Waals surface area (Å²) in [6, 6.07) is 17.6. The SMILES string of the molecule is N#Cc1nc(-c2ccc(S(=O)(=O)N3CC(Oc4ccccc4)C3)cc2Cl)ccc1F. The fourth-order valence-corrected chi connectivity index (χ4v) is 4.92. The van der Waals surface area contributed by atoms with Crippen molar-refractivity contribution in [3.05, 3.63) is 77.2 Å². The Bertz CT molecular complexity index is 1240. The van der Waals surface area contributed by atoms with Crippen molar-refractivity contribution in [2.45, 2.75) is 11.0 Å². The van der Waals surface area contributed by atoms with Crippen molar-refractivity contribution >= 4 is 21.6 Å². The Morgan fingerprint density at radius 2 is 1.87 bits per heavy atom. The Kier molecular flexibility index (Phi) is 5.43. The molecule has 0 aliphatic carbocycles. The molecule has 0 saturated carbocycles. The van der Waals surface area contributed by atoms with E-state index in [-0.39, 0.29) is 40.5 Å². The number of para-hydroxylation sites is 1. The van der Waals surface area contributed by atoms with Crippen LogP contribution < -0.4 is 4.74 Å². The van der Waals surface area contributed by atoms with E-state index in [1.807, 2.05) is 30.3 Å². The zero-order chi connectivity index (χ0) is 21.3. The number of ether oxygens (including phenoxy) is 1. The number of hydrogen-bond donors (Lipinski definition) is 0. The molecule has 0 N–H and O–H groups in total. The van der Waals surface area contributed by atoms with Crippen LogP contribution in [0.2, 0.25) is 5.02 Å². The lowest BCUT2D eigenvalue weighted by molar-refractivity contribution is 0.0762. The van der Waals surface area contributed by atoms with Gasteiger partial charge in [-0.15, -0.1) is 0 Å². The Hall–Kier alpha value is -2.99. The quantitative estimate of drug-likeness (QED) is 0.597. The Labute approximate surface area is 178 Å². The van der Waals surface area contributed by atoms with E-state index in [4.69, 9.17) is 21.6 Å². The molecular formula is C21H15ClFN3O3S. The van der Waals surface area contributed by atoms with Gasteiger partial charge in [0.1, 0.15) is 17.9 Å². The largest absolute Gasteiger partial charge is 0.488 e. The van der Waals surface area contributed by atoms with Crippen LogP contribution >= 0.6 is 11.6 Å². The lowest BCUT2D eigenvalue weighted by Crippen LogP contribution is -2.55. The molecule has 9 heteroatoms. The molecule has 1 aliphatic rings. The number of nitriles is 1. The van der Waals surface area contributed by atoms with Crippen molar-refractivity contribution in [1.29, 1.82) is 5.26 Å². The van der Waals surface area contributed by atoms with E-state index >= 15 is 0 Å². The van der Waals surface area contributed by atoms with Crippen LogP contribution in [-0.4, -0.2) is 36.9 Å². The number of halogens is 2. The molecule has 1 fully saturated rings. The molecule has 3 aromatic rings. The van der Waals surface area contributed by atoms with Gasteiger partial charge < -0.3 is 4.74 Å². The van der Waals surface area contributed by atoms with Gasteiger partial charge in [0, 0.05) is 5.56 Å². The molecule has 1 aliphatic heterocycles. The van der Waals surface area contributed by atoms with E-state index in [0.29, 0.717) is 11.3 Å². The molecule has 2 heterocycles. The molecule has 0 amide bonds. The van der Waals surface area contributed by atoms with Gasteiger partial charge in [0.2, 0.25) is 10.0 Å². The monoisotopic (exact) mass is 443 g/mol. The normalized spacial score (nSPS) is 14.7. The van der Waals surface area contributed by atoms with Crippen LogP contribution in [0.4, 0.5) is 4.39 Å². The first-order valence-electron chi connectivity index (χ1n) is 8.97. The number of sulfonamides is 1. The summed E-state index contributed by atoms with van der Waals surface area (Å²) in [6.45, 7) is 0.475. The first-order chi connectivity index (χ1) is 14.4. The van der Waals surface area contributed by atoms with E-state index in [0.717, 1.165) is 6.07 Å². The van der Waals surface area contributed by atoms with E-state index in [1.54, 1.807) is 6.07 Å². The molecule has 0 radical (unpaired) electrons. The van der Waals surface area contributed by atoms with Crippen molar-refractivity contribution < 1.29 is 17.5 Å². The molecule has 1 saturated heterocycles. The van der Waals surface area contributed by atoms with E-state index in [1.165, 1.54) is 28.6 Å². The number of aromatic nitrogens is 1. The highest BCUT2D eigenvalue weighted by Gasteiger charge is 2.38. The second-order valence-corrected chi connectivity index (χ2v) is 9.00. The third kappa shape index (κ3) is 3.87. The first kappa shape index (κ1) is 20.3. The second-order valence-electron chi connectivity index (χ2n) is 6.66. The van der Waals surface area contributed by atoms with Gasteiger partial charge in [-0.3, -0.25) is 0 Å². The van der Waals surface area contributed by atoms with Crippen LogP contribution in [0.1, 0.15) is 5.69 Å². The molecule has 30 heavy (non-hydrogen) atoms. The molecule has 0 spiro atoms. The zero-order valence-corrected chi connectivity index (χ0v) is 17.1. The summed E-state index contributed by atoms with van der Waals surface area (Å²) >= 11 is 6.28. The van der Waals surface area contributed by atoms with Gasteiger partial charge in [0.15, 0.2) is 11.5 Å². The minimum absolute atomic E-state index is 0.0389.